The van der Waals surface area contributed by atoms with E-state index in [2.05, 4.69) is 6.92 Å². The molecule has 1 fully saturated rings. The summed E-state index contributed by atoms with van der Waals surface area (Å²) in [5, 5.41) is 8.85. The number of urea groups is 1. The molecular weight excluding hydrogens is 208 g/mol. The van der Waals surface area contributed by atoms with Crippen LogP contribution in [0.1, 0.15) is 27.2 Å². The summed E-state index contributed by atoms with van der Waals surface area (Å²) in [6.45, 7) is 6.34. The molecule has 92 valence electrons. The number of nitrogens with zero attached hydrogens (tertiary/aromatic N) is 2. The zero-order chi connectivity index (χ0) is 12.5. The van der Waals surface area contributed by atoms with Crippen molar-refractivity contribution in [2.24, 2.45) is 5.92 Å². The van der Waals surface area contributed by atoms with E-state index in [9.17, 15) is 9.59 Å². The normalized spacial score (nSPS) is 26.6. The summed E-state index contributed by atoms with van der Waals surface area (Å²) in [5.74, 6) is -0.483. The van der Waals surface area contributed by atoms with Crippen LogP contribution in [0.25, 0.3) is 0 Å². The van der Waals surface area contributed by atoms with Crippen molar-refractivity contribution >= 4 is 12.0 Å². The van der Waals surface area contributed by atoms with E-state index in [4.69, 9.17) is 5.11 Å². The number of carbonyl (C=O) groups excluding carboxylic acids is 1. The molecule has 0 aromatic heterocycles. The van der Waals surface area contributed by atoms with E-state index in [1.54, 1.807) is 4.90 Å². The third-order valence-electron chi connectivity index (χ3n) is 3.27. The number of carboxylic acid groups (broad SMARTS) is 1. The van der Waals surface area contributed by atoms with Crippen molar-refractivity contribution in [3.8, 4) is 0 Å². The molecule has 0 aliphatic carbocycles. The third kappa shape index (κ3) is 2.46. The minimum absolute atomic E-state index is 0.188. The zero-order valence-corrected chi connectivity index (χ0v) is 10.3. The predicted molar refractivity (Wildman–Crippen MR) is 60.2 cm³/mol. The van der Waals surface area contributed by atoms with Crippen molar-refractivity contribution in [2.45, 2.75) is 39.3 Å². The topological polar surface area (TPSA) is 60.9 Å². The highest BCUT2D eigenvalue weighted by Crippen LogP contribution is 2.23. The first-order chi connectivity index (χ1) is 7.34. The SMILES string of the molecule is CC1CC(C)N(C(=O)N(C)C(C)C(=O)O)C1. The first-order valence-electron chi connectivity index (χ1n) is 5.60. The second kappa shape index (κ2) is 4.72. The summed E-state index contributed by atoms with van der Waals surface area (Å²) in [5.41, 5.74) is 0. The van der Waals surface area contributed by atoms with Crippen LogP contribution in [-0.2, 0) is 4.79 Å². The monoisotopic (exact) mass is 228 g/mol. The maximum absolute atomic E-state index is 12.0. The molecule has 1 rings (SSSR count). The van der Waals surface area contributed by atoms with Crippen molar-refractivity contribution in [2.75, 3.05) is 13.6 Å². The fraction of sp³-hybridized carbons (Fsp3) is 0.818. The van der Waals surface area contributed by atoms with Gasteiger partial charge in [0.1, 0.15) is 6.04 Å². The molecule has 3 unspecified atom stereocenters. The third-order valence-corrected chi connectivity index (χ3v) is 3.27. The van der Waals surface area contributed by atoms with Crippen LogP contribution in [0.15, 0.2) is 0 Å². The van der Waals surface area contributed by atoms with Gasteiger partial charge in [0.25, 0.3) is 0 Å². The van der Waals surface area contributed by atoms with Gasteiger partial charge in [-0.2, -0.15) is 0 Å². The van der Waals surface area contributed by atoms with Crippen molar-refractivity contribution < 1.29 is 14.7 Å². The van der Waals surface area contributed by atoms with Crippen LogP contribution in [0.3, 0.4) is 0 Å². The number of hydrogen-bond acceptors (Lipinski definition) is 2. The van der Waals surface area contributed by atoms with Crippen molar-refractivity contribution in [3.63, 3.8) is 0 Å². The van der Waals surface area contributed by atoms with Gasteiger partial charge in [-0.05, 0) is 26.2 Å². The van der Waals surface area contributed by atoms with Crippen molar-refractivity contribution in [3.05, 3.63) is 0 Å². The quantitative estimate of drug-likeness (QED) is 0.773. The van der Waals surface area contributed by atoms with Crippen LogP contribution in [0, 0.1) is 5.92 Å². The van der Waals surface area contributed by atoms with Gasteiger partial charge < -0.3 is 14.9 Å². The van der Waals surface area contributed by atoms with Crippen LogP contribution in [0.5, 0.6) is 0 Å². The van der Waals surface area contributed by atoms with E-state index in [1.807, 2.05) is 6.92 Å². The highest BCUT2D eigenvalue weighted by molar-refractivity contribution is 5.82. The average molecular weight is 228 g/mol. The molecule has 0 spiro atoms. The number of rotatable bonds is 2. The van der Waals surface area contributed by atoms with Gasteiger partial charge in [0, 0.05) is 19.6 Å². The Kier molecular flexibility index (Phi) is 3.78. The van der Waals surface area contributed by atoms with Gasteiger partial charge in [0.2, 0.25) is 0 Å². The van der Waals surface area contributed by atoms with E-state index >= 15 is 0 Å². The predicted octanol–water partition coefficient (Wildman–Crippen LogP) is 1.24. The van der Waals surface area contributed by atoms with Crippen LogP contribution in [0.2, 0.25) is 0 Å². The van der Waals surface area contributed by atoms with Gasteiger partial charge in [-0.15, -0.1) is 0 Å². The summed E-state index contributed by atoms with van der Waals surface area (Å²) < 4.78 is 0. The Morgan fingerprint density at radius 2 is 2.00 bits per heavy atom. The largest absolute Gasteiger partial charge is 0.480 e. The molecule has 0 aromatic rings. The number of amides is 2. The van der Waals surface area contributed by atoms with Crippen molar-refractivity contribution in [1.82, 2.24) is 9.80 Å². The highest BCUT2D eigenvalue weighted by atomic mass is 16.4. The fourth-order valence-corrected chi connectivity index (χ4v) is 2.10. The number of hydrogen-bond donors (Lipinski definition) is 1. The van der Waals surface area contributed by atoms with Crippen LogP contribution < -0.4 is 0 Å². The smallest absolute Gasteiger partial charge is 0.326 e. The van der Waals surface area contributed by atoms with Gasteiger partial charge in [-0.3, -0.25) is 0 Å². The molecule has 1 saturated heterocycles. The summed E-state index contributed by atoms with van der Waals surface area (Å²) >= 11 is 0. The molecule has 5 heteroatoms. The molecule has 1 aliphatic heterocycles. The minimum Gasteiger partial charge on any atom is -0.480 e. The summed E-state index contributed by atoms with van der Waals surface area (Å²) in [6.07, 6.45) is 0.987. The van der Waals surface area contributed by atoms with E-state index in [-0.39, 0.29) is 12.1 Å². The molecule has 1 N–H and O–H groups in total. The standard InChI is InChI=1S/C11H20N2O3/c1-7-5-8(2)13(6-7)11(16)12(4)9(3)10(14)15/h7-9H,5-6H2,1-4H3,(H,14,15). The fourth-order valence-electron chi connectivity index (χ4n) is 2.10. The lowest BCUT2D eigenvalue weighted by molar-refractivity contribution is -0.141. The summed E-state index contributed by atoms with van der Waals surface area (Å²) in [7, 11) is 1.54. The maximum Gasteiger partial charge on any atom is 0.326 e. The molecule has 0 bridgehead atoms. The molecule has 1 aliphatic rings. The summed E-state index contributed by atoms with van der Waals surface area (Å²) in [6, 6.07) is -0.770. The molecule has 0 aromatic carbocycles. The lowest BCUT2D eigenvalue weighted by atomic mass is 10.1. The second-order valence-corrected chi connectivity index (χ2v) is 4.75. The van der Waals surface area contributed by atoms with Crippen molar-refractivity contribution in [1.29, 1.82) is 0 Å². The van der Waals surface area contributed by atoms with E-state index < -0.39 is 12.0 Å². The first-order valence-corrected chi connectivity index (χ1v) is 5.60. The molecular formula is C11H20N2O3. The summed E-state index contributed by atoms with van der Waals surface area (Å²) in [4.78, 5) is 25.9. The maximum atomic E-state index is 12.0. The Bertz CT molecular complexity index is 293. The van der Waals surface area contributed by atoms with Gasteiger partial charge in [-0.1, -0.05) is 6.92 Å². The Hall–Kier alpha value is -1.26. The number of likely N-dealkylation sites (tertiary alicyclic amines) is 1. The van der Waals surface area contributed by atoms with E-state index in [0.717, 1.165) is 13.0 Å². The van der Waals surface area contributed by atoms with Crippen LogP contribution in [-0.4, -0.2) is 52.6 Å². The van der Waals surface area contributed by atoms with Gasteiger partial charge in [0.15, 0.2) is 0 Å². The van der Waals surface area contributed by atoms with Gasteiger partial charge >= 0.3 is 12.0 Å². The molecule has 0 saturated carbocycles. The molecule has 0 radical (unpaired) electrons. The van der Waals surface area contributed by atoms with E-state index in [0.29, 0.717) is 5.92 Å². The second-order valence-electron chi connectivity index (χ2n) is 4.75. The first kappa shape index (κ1) is 12.8. The average Bonchev–Trinajstić information content (AvgIpc) is 2.54. The molecule has 5 nitrogen and oxygen atoms in total. The van der Waals surface area contributed by atoms with Crippen LogP contribution in [0.4, 0.5) is 4.79 Å². The number of carbonyl (C=O) groups is 2. The van der Waals surface area contributed by atoms with Gasteiger partial charge in [-0.25, -0.2) is 9.59 Å². The molecule has 1 heterocycles. The van der Waals surface area contributed by atoms with Crippen LogP contribution >= 0.6 is 0 Å². The Labute approximate surface area is 96.0 Å². The number of aliphatic carboxylic acids is 1. The highest BCUT2D eigenvalue weighted by Gasteiger charge is 2.34. The lowest BCUT2D eigenvalue weighted by Gasteiger charge is -2.30. The Morgan fingerprint density at radius 1 is 1.44 bits per heavy atom. The molecule has 16 heavy (non-hydrogen) atoms. The zero-order valence-electron chi connectivity index (χ0n) is 10.3. The van der Waals surface area contributed by atoms with E-state index in [1.165, 1.54) is 18.9 Å². The Balaban J connectivity index is 2.67. The van der Waals surface area contributed by atoms with Gasteiger partial charge in [0.05, 0.1) is 0 Å². The molecule has 2 amide bonds. The Morgan fingerprint density at radius 3 is 2.38 bits per heavy atom. The number of carboxylic acids is 1. The lowest BCUT2D eigenvalue weighted by Crippen LogP contribution is -2.48. The molecule has 3 atom stereocenters. The number of likely N-dealkylation sites (N-methyl/N-ethyl adjacent to an activating group) is 1. The minimum atomic E-state index is -0.976.